The first kappa shape index (κ1) is 20.9. The molecule has 1 fully saturated rings. The van der Waals surface area contributed by atoms with Gasteiger partial charge in [0.15, 0.2) is 0 Å². The highest BCUT2D eigenvalue weighted by Crippen LogP contribution is 2.18. The Hall–Kier alpha value is -2.86. The normalized spacial score (nSPS) is 17.7. The number of methoxy groups -OCH3 is 1. The van der Waals surface area contributed by atoms with Gasteiger partial charge in [0.1, 0.15) is 11.6 Å². The van der Waals surface area contributed by atoms with Crippen molar-refractivity contribution in [3.63, 3.8) is 0 Å². The second-order valence-corrected chi connectivity index (χ2v) is 7.42. The molecule has 3 N–H and O–H groups in total. The zero-order valence-electron chi connectivity index (χ0n) is 17.0. The van der Waals surface area contributed by atoms with Crippen LogP contribution in [0.3, 0.4) is 0 Å². The molecule has 154 valence electrons. The van der Waals surface area contributed by atoms with E-state index in [1.54, 1.807) is 31.4 Å². The summed E-state index contributed by atoms with van der Waals surface area (Å²) in [4.78, 5) is 18.7. The summed E-state index contributed by atoms with van der Waals surface area (Å²) >= 11 is 0. The van der Waals surface area contributed by atoms with E-state index in [0.29, 0.717) is 11.5 Å². The van der Waals surface area contributed by atoms with Gasteiger partial charge in [-0.3, -0.25) is 0 Å². The zero-order chi connectivity index (χ0) is 20.5. The van der Waals surface area contributed by atoms with E-state index in [4.69, 9.17) is 10.5 Å². The molecule has 1 aliphatic rings. The molecular weight excluding hydrogens is 364 g/mol. The number of nitrogens with one attached hydrogen (secondary N) is 1. The maximum Gasteiger partial charge on any atom is 0.347 e. The molecule has 0 aliphatic carbocycles. The predicted octanol–water partition coefficient (Wildman–Crippen LogP) is 3.93. The van der Waals surface area contributed by atoms with Crippen molar-refractivity contribution in [3.05, 3.63) is 60.2 Å². The average molecular weight is 395 g/mol. The molecule has 0 bridgehead atoms. The minimum atomic E-state index is -0.436. The second kappa shape index (κ2) is 10.6. The standard InChI is InChI=1S/C23H30N4O2/c1-29-21-13-11-20(12-14-21)25-23(28)26-22(24)19-10-6-16-27(17-19)15-5-9-18-7-3-2-4-8-18/h2-4,7-8,11-14,19H,5-6,9-10,15-17H2,1H3,(H3,24,25,26,28). The van der Waals surface area contributed by atoms with Crippen LogP contribution >= 0.6 is 0 Å². The smallest absolute Gasteiger partial charge is 0.347 e. The number of rotatable bonds is 7. The largest absolute Gasteiger partial charge is 0.497 e. The Balaban J connectivity index is 1.47. The van der Waals surface area contributed by atoms with Crippen molar-refractivity contribution in [2.75, 3.05) is 32.1 Å². The number of hydrogen-bond acceptors (Lipinski definition) is 3. The number of anilines is 1. The highest BCUT2D eigenvalue weighted by molar-refractivity contribution is 6.00. The number of piperidine rings is 1. The molecule has 1 unspecified atom stereocenters. The molecule has 0 aromatic heterocycles. The molecule has 2 amide bonds. The molecule has 1 saturated heterocycles. The van der Waals surface area contributed by atoms with Crippen LogP contribution in [0.2, 0.25) is 0 Å². The number of aliphatic imine (C=N–C) groups is 1. The Bertz CT molecular complexity index is 805. The number of carbonyl (C=O) groups is 1. The highest BCUT2D eigenvalue weighted by Gasteiger charge is 2.23. The number of urea groups is 1. The number of carbonyl (C=O) groups excluding carboxylic acids is 1. The van der Waals surface area contributed by atoms with Crippen molar-refractivity contribution < 1.29 is 9.53 Å². The number of amides is 2. The Morgan fingerprint density at radius 1 is 1.21 bits per heavy atom. The summed E-state index contributed by atoms with van der Waals surface area (Å²) in [7, 11) is 1.60. The molecule has 3 rings (SSSR count). The number of ether oxygens (including phenoxy) is 1. The number of amidine groups is 1. The summed E-state index contributed by atoms with van der Waals surface area (Å²) in [5, 5.41) is 2.75. The number of likely N-dealkylation sites (tertiary alicyclic amines) is 1. The lowest BCUT2D eigenvalue weighted by Crippen LogP contribution is -2.42. The third-order valence-electron chi connectivity index (χ3n) is 5.28. The van der Waals surface area contributed by atoms with Crippen LogP contribution in [0.15, 0.2) is 59.6 Å². The lowest BCUT2D eigenvalue weighted by Gasteiger charge is -2.32. The van der Waals surface area contributed by atoms with E-state index in [2.05, 4.69) is 39.5 Å². The summed E-state index contributed by atoms with van der Waals surface area (Å²) in [6.45, 7) is 2.98. The maximum atomic E-state index is 12.2. The van der Waals surface area contributed by atoms with Crippen molar-refractivity contribution in [2.45, 2.75) is 25.7 Å². The van der Waals surface area contributed by atoms with Gasteiger partial charge in [0.2, 0.25) is 0 Å². The fraction of sp³-hybridized carbons (Fsp3) is 0.391. The van der Waals surface area contributed by atoms with Gasteiger partial charge < -0.3 is 20.7 Å². The summed E-state index contributed by atoms with van der Waals surface area (Å²) in [6.07, 6.45) is 4.24. The van der Waals surface area contributed by atoms with Crippen LogP contribution in [0.4, 0.5) is 10.5 Å². The van der Waals surface area contributed by atoms with Gasteiger partial charge in [0.05, 0.1) is 7.11 Å². The van der Waals surface area contributed by atoms with Crippen LogP contribution in [-0.4, -0.2) is 43.5 Å². The van der Waals surface area contributed by atoms with Gasteiger partial charge in [0.25, 0.3) is 0 Å². The van der Waals surface area contributed by atoms with E-state index in [-0.39, 0.29) is 5.92 Å². The van der Waals surface area contributed by atoms with Crippen LogP contribution in [0.25, 0.3) is 0 Å². The van der Waals surface area contributed by atoms with Crippen LogP contribution < -0.4 is 15.8 Å². The van der Waals surface area contributed by atoms with Gasteiger partial charge in [-0.05, 0) is 68.6 Å². The number of nitrogens with two attached hydrogens (primary N) is 1. The third-order valence-corrected chi connectivity index (χ3v) is 5.28. The number of hydrogen-bond donors (Lipinski definition) is 2. The summed E-state index contributed by atoms with van der Waals surface area (Å²) < 4.78 is 5.12. The SMILES string of the molecule is COc1ccc(NC(=O)/N=C(\N)C2CCCN(CCCc3ccccc3)C2)cc1. The van der Waals surface area contributed by atoms with E-state index in [9.17, 15) is 4.79 Å². The number of benzene rings is 2. The van der Waals surface area contributed by atoms with Gasteiger partial charge >= 0.3 is 6.03 Å². The Labute approximate surface area is 172 Å². The Kier molecular flexibility index (Phi) is 7.64. The molecule has 0 radical (unpaired) electrons. The lowest BCUT2D eigenvalue weighted by molar-refractivity contribution is 0.201. The summed E-state index contributed by atoms with van der Waals surface area (Å²) in [6, 6.07) is 17.3. The zero-order valence-corrected chi connectivity index (χ0v) is 17.0. The van der Waals surface area contributed by atoms with Crippen molar-refractivity contribution in [3.8, 4) is 5.75 Å². The van der Waals surface area contributed by atoms with Crippen molar-refractivity contribution in [1.29, 1.82) is 0 Å². The maximum absolute atomic E-state index is 12.2. The Morgan fingerprint density at radius 2 is 1.97 bits per heavy atom. The van der Waals surface area contributed by atoms with Gasteiger partial charge in [-0.2, -0.15) is 4.99 Å². The molecule has 2 aromatic carbocycles. The molecular formula is C23H30N4O2. The van der Waals surface area contributed by atoms with E-state index in [1.807, 2.05) is 6.07 Å². The van der Waals surface area contributed by atoms with E-state index in [0.717, 1.165) is 51.1 Å². The third kappa shape index (κ3) is 6.61. The molecule has 1 aliphatic heterocycles. The lowest BCUT2D eigenvalue weighted by atomic mass is 9.96. The fourth-order valence-corrected chi connectivity index (χ4v) is 3.69. The van der Waals surface area contributed by atoms with E-state index in [1.165, 1.54) is 5.56 Å². The molecule has 0 saturated carbocycles. The summed E-state index contributed by atoms with van der Waals surface area (Å²) in [5.74, 6) is 1.28. The van der Waals surface area contributed by atoms with Crippen LogP contribution in [0, 0.1) is 5.92 Å². The number of nitrogens with zero attached hydrogens (tertiary/aromatic N) is 2. The average Bonchev–Trinajstić information content (AvgIpc) is 2.75. The molecule has 29 heavy (non-hydrogen) atoms. The van der Waals surface area contributed by atoms with Crippen molar-refractivity contribution >= 4 is 17.6 Å². The van der Waals surface area contributed by atoms with Crippen LogP contribution in [0.1, 0.15) is 24.8 Å². The minimum Gasteiger partial charge on any atom is -0.497 e. The van der Waals surface area contributed by atoms with E-state index >= 15 is 0 Å². The molecule has 2 aromatic rings. The van der Waals surface area contributed by atoms with Crippen LogP contribution in [-0.2, 0) is 6.42 Å². The van der Waals surface area contributed by atoms with Gasteiger partial charge in [-0.1, -0.05) is 30.3 Å². The topological polar surface area (TPSA) is 79.9 Å². The summed E-state index contributed by atoms with van der Waals surface area (Å²) in [5.41, 5.74) is 8.21. The fourth-order valence-electron chi connectivity index (χ4n) is 3.69. The van der Waals surface area contributed by atoms with Gasteiger partial charge in [0, 0.05) is 18.2 Å². The first-order valence-corrected chi connectivity index (χ1v) is 10.2. The quantitative estimate of drug-likeness (QED) is 0.551. The van der Waals surface area contributed by atoms with Crippen molar-refractivity contribution in [1.82, 2.24) is 4.90 Å². The Morgan fingerprint density at radius 3 is 2.69 bits per heavy atom. The van der Waals surface area contributed by atoms with Gasteiger partial charge in [-0.25, -0.2) is 4.79 Å². The van der Waals surface area contributed by atoms with Crippen molar-refractivity contribution in [2.24, 2.45) is 16.6 Å². The van der Waals surface area contributed by atoms with Crippen LogP contribution in [0.5, 0.6) is 5.75 Å². The predicted molar refractivity (Wildman–Crippen MR) is 118 cm³/mol. The monoisotopic (exact) mass is 394 g/mol. The highest BCUT2D eigenvalue weighted by atomic mass is 16.5. The van der Waals surface area contributed by atoms with E-state index < -0.39 is 6.03 Å². The molecule has 6 heteroatoms. The first-order chi connectivity index (χ1) is 14.1. The van der Waals surface area contributed by atoms with Gasteiger partial charge in [-0.15, -0.1) is 0 Å². The molecule has 1 heterocycles. The molecule has 6 nitrogen and oxygen atoms in total. The molecule has 1 atom stereocenters. The second-order valence-electron chi connectivity index (χ2n) is 7.42. The molecule has 0 spiro atoms. The number of aryl methyl sites for hydroxylation is 1. The minimum absolute atomic E-state index is 0.127. The first-order valence-electron chi connectivity index (χ1n) is 10.2.